The van der Waals surface area contributed by atoms with Crippen LogP contribution in [0.25, 0.3) is 0 Å². The standard InChI is InChI=1S/C23H25FN2O3/c1-29-20-10-9-18(24)15-19(20)21(27)26-14-6-12-23(26)11-5-13-25(22(23)28)16-17-7-3-2-4-8-17/h2-4,7-10,15H,5-6,11-14,16H2,1H3. The van der Waals surface area contributed by atoms with E-state index in [1.807, 2.05) is 35.2 Å². The molecule has 1 unspecified atom stereocenters. The number of nitrogens with zero attached hydrogens (tertiary/aromatic N) is 2. The van der Waals surface area contributed by atoms with Crippen LogP contribution in [0.1, 0.15) is 41.6 Å². The van der Waals surface area contributed by atoms with Gasteiger partial charge in [-0.05, 0) is 49.4 Å². The summed E-state index contributed by atoms with van der Waals surface area (Å²) in [6.45, 7) is 1.71. The average Bonchev–Trinajstić information content (AvgIpc) is 3.16. The molecule has 152 valence electrons. The number of hydrogen-bond acceptors (Lipinski definition) is 3. The molecule has 0 bridgehead atoms. The van der Waals surface area contributed by atoms with Crippen molar-refractivity contribution in [3.05, 3.63) is 65.5 Å². The molecule has 1 atom stereocenters. The zero-order chi connectivity index (χ0) is 20.4. The van der Waals surface area contributed by atoms with Gasteiger partial charge in [0.25, 0.3) is 5.91 Å². The van der Waals surface area contributed by atoms with Crippen LogP contribution in [-0.4, -0.2) is 47.4 Å². The maximum Gasteiger partial charge on any atom is 0.258 e. The predicted octanol–water partition coefficient (Wildman–Crippen LogP) is 3.63. The number of hydrogen-bond donors (Lipinski definition) is 0. The monoisotopic (exact) mass is 396 g/mol. The summed E-state index contributed by atoms with van der Waals surface area (Å²) in [6, 6.07) is 13.8. The average molecular weight is 396 g/mol. The lowest BCUT2D eigenvalue weighted by Crippen LogP contribution is -2.61. The summed E-state index contributed by atoms with van der Waals surface area (Å²) in [5, 5.41) is 0. The third-order valence-electron chi connectivity index (χ3n) is 6.05. The highest BCUT2D eigenvalue weighted by atomic mass is 19.1. The third kappa shape index (κ3) is 3.48. The lowest BCUT2D eigenvalue weighted by Gasteiger charge is -2.44. The molecule has 1 spiro atoms. The maximum atomic E-state index is 13.8. The highest BCUT2D eigenvalue weighted by Crippen LogP contribution is 2.40. The van der Waals surface area contributed by atoms with Crippen LogP contribution >= 0.6 is 0 Å². The second kappa shape index (κ2) is 7.85. The molecule has 6 heteroatoms. The first-order valence-corrected chi connectivity index (χ1v) is 10.0. The van der Waals surface area contributed by atoms with E-state index in [-0.39, 0.29) is 17.4 Å². The molecule has 0 saturated carbocycles. The normalized spacial score (nSPS) is 21.7. The highest BCUT2D eigenvalue weighted by Gasteiger charge is 2.53. The molecule has 2 aromatic rings. The van der Waals surface area contributed by atoms with E-state index in [1.54, 1.807) is 4.90 Å². The van der Waals surface area contributed by atoms with Crippen LogP contribution in [0.15, 0.2) is 48.5 Å². The molecule has 2 aliphatic rings. The number of carbonyl (C=O) groups is 2. The minimum atomic E-state index is -0.846. The quantitative estimate of drug-likeness (QED) is 0.793. The number of amides is 2. The first-order valence-electron chi connectivity index (χ1n) is 10.0. The Morgan fingerprint density at radius 3 is 2.55 bits per heavy atom. The topological polar surface area (TPSA) is 49.9 Å². The summed E-state index contributed by atoms with van der Waals surface area (Å²) in [5.74, 6) is -0.520. The van der Waals surface area contributed by atoms with E-state index in [0.717, 1.165) is 18.4 Å². The second-order valence-corrected chi connectivity index (χ2v) is 7.75. The Kier molecular flexibility index (Phi) is 5.26. The largest absolute Gasteiger partial charge is 0.496 e. The van der Waals surface area contributed by atoms with Crippen LogP contribution in [0.5, 0.6) is 5.75 Å². The van der Waals surface area contributed by atoms with Gasteiger partial charge in [-0.25, -0.2) is 4.39 Å². The smallest absolute Gasteiger partial charge is 0.258 e. The summed E-state index contributed by atoms with van der Waals surface area (Å²) in [5.41, 5.74) is 0.392. The molecule has 5 nitrogen and oxygen atoms in total. The fraction of sp³-hybridized carbons (Fsp3) is 0.391. The molecule has 0 N–H and O–H groups in total. The van der Waals surface area contributed by atoms with E-state index in [4.69, 9.17) is 4.74 Å². The molecule has 2 amide bonds. The van der Waals surface area contributed by atoms with Crippen molar-refractivity contribution in [3.63, 3.8) is 0 Å². The summed E-state index contributed by atoms with van der Waals surface area (Å²) >= 11 is 0. The third-order valence-corrected chi connectivity index (χ3v) is 6.05. The number of carbonyl (C=O) groups excluding carboxylic acids is 2. The molecule has 4 rings (SSSR count). The van der Waals surface area contributed by atoms with Gasteiger partial charge in [0.1, 0.15) is 17.1 Å². The zero-order valence-electron chi connectivity index (χ0n) is 16.6. The van der Waals surface area contributed by atoms with E-state index in [9.17, 15) is 14.0 Å². The summed E-state index contributed by atoms with van der Waals surface area (Å²) in [4.78, 5) is 30.4. The van der Waals surface area contributed by atoms with Gasteiger partial charge in [0.2, 0.25) is 5.91 Å². The van der Waals surface area contributed by atoms with E-state index in [0.29, 0.717) is 38.2 Å². The van der Waals surface area contributed by atoms with Crippen LogP contribution in [0, 0.1) is 5.82 Å². The molecular formula is C23H25FN2O3. The van der Waals surface area contributed by atoms with Crippen LogP contribution in [0.4, 0.5) is 4.39 Å². The molecule has 2 fully saturated rings. The summed E-state index contributed by atoms with van der Waals surface area (Å²) in [6.07, 6.45) is 2.87. The van der Waals surface area contributed by atoms with Crippen molar-refractivity contribution in [2.75, 3.05) is 20.2 Å². The Morgan fingerprint density at radius 2 is 1.83 bits per heavy atom. The van der Waals surface area contributed by atoms with E-state index in [1.165, 1.54) is 25.3 Å². The minimum absolute atomic E-state index is 0.00572. The van der Waals surface area contributed by atoms with Gasteiger partial charge in [-0.3, -0.25) is 9.59 Å². The number of piperidine rings is 1. The van der Waals surface area contributed by atoms with Crippen molar-refractivity contribution in [3.8, 4) is 5.75 Å². The number of methoxy groups -OCH3 is 1. The van der Waals surface area contributed by atoms with Gasteiger partial charge in [-0.2, -0.15) is 0 Å². The zero-order valence-corrected chi connectivity index (χ0v) is 16.6. The second-order valence-electron chi connectivity index (χ2n) is 7.75. The lowest BCUT2D eigenvalue weighted by molar-refractivity contribution is -0.146. The summed E-state index contributed by atoms with van der Waals surface area (Å²) in [7, 11) is 1.46. The minimum Gasteiger partial charge on any atom is -0.496 e. The molecule has 2 saturated heterocycles. The van der Waals surface area contributed by atoms with Crippen LogP contribution in [0.2, 0.25) is 0 Å². The van der Waals surface area contributed by atoms with Crippen molar-refractivity contribution in [2.24, 2.45) is 0 Å². The molecule has 2 aliphatic heterocycles. The number of benzene rings is 2. The van der Waals surface area contributed by atoms with Crippen molar-refractivity contribution in [2.45, 2.75) is 37.8 Å². The Bertz CT molecular complexity index is 918. The molecule has 0 aliphatic carbocycles. The Balaban J connectivity index is 1.63. The van der Waals surface area contributed by atoms with Crippen molar-refractivity contribution >= 4 is 11.8 Å². The summed E-state index contributed by atoms with van der Waals surface area (Å²) < 4.78 is 19.1. The van der Waals surface area contributed by atoms with Crippen LogP contribution in [0.3, 0.4) is 0 Å². The fourth-order valence-electron chi connectivity index (χ4n) is 4.67. The Labute approximate surface area is 170 Å². The van der Waals surface area contributed by atoms with Gasteiger partial charge in [-0.1, -0.05) is 30.3 Å². The van der Waals surface area contributed by atoms with E-state index >= 15 is 0 Å². The van der Waals surface area contributed by atoms with Crippen molar-refractivity contribution in [1.82, 2.24) is 9.80 Å². The SMILES string of the molecule is COc1ccc(F)cc1C(=O)N1CCCC12CCCN(Cc1ccccc1)C2=O. The molecule has 0 radical (unpaired) electrons. The van der Waals surface area contributed by atoms with Crippen LogP contribution in [-0.2, 0) is 11.3 Å². The Hall–Kier alpha value is -2.89. The number of rotatable bonds is 4. The van der Waals surface area contributed by atoms with Gasteiger partial charge in [0, 0.05) is 19.6 Å². The van der Waals surface area contributed by atoms with Gasteiger partial charge in [0.15, 0.2) is 0 Å². The maximum absolute atomic E-state index is 13.8. The molecule has 2 aromatic carbocycles. The van der Waals surface area contributed by atoms with Gasteiger partial charge in [0.05, 0.1) is 12.7 Å². The van der Waals surface area contributed by atoms with E-state index in [2.05, 4.69) is 0 Å². The first kappa shape index (κ1) is 19.4. The number of ether oxygens (including phenoxy) is 1. The molecule has 2 heterocycles. The molecule has 0 aromatic heterocycles. The van der Waals surface area contributed by atoms with Crippen molar-refractivity contribution < 1.29 is 18.7 Å². The fourth-order valence-corrected chi connectivity index (χ4v) is 4.67. The number of likely N-dealkylation sites (tertiary alicyclic amines) is 2. The lowest BCUT2D eigenvalue weighted by atomic mass is 9.84. The number of halogens is 1. The molecule has 29 heavy (non-hydrogen) atoms. The van der Waals surface area contributed by atoms with Crippen molar-refractivity contribution in [1.29, 1.82) is 0 Å². The van der Waals surface area contributed by atoms with Gasteiger partial charge < -0.3 is 14.5 Å². The van der Waals surface area contributed by atoms with Crippen LogP contribution < -0.4 is 4.74 Å². The van der Waals surface area contributed by atoms with Gasteiger partial charge >= 0.3 is 0 Å². The first-order chi connectivity index (χ1) is 14.0. The highest BCUT2D eigenvalue weighted by molar-refractivity contribution is 6.01. The molecular weight excluding hydrogens is 371 g/mol. The van der Waals surface area contributed by atoms with Gasteiger partial charge in [-0.15, -0.1) is 0 Å². The Morgan fingerprint density at radius 1 is 1.10 bits per heavy atom. The predicted molar refractivity (Wildman–Crippen MR) is 107 cm³/mol. The van der Waals surface area contributed by atoms with E-state index < -0.39 is 11.4 Å².